The lowest BCUT2D eigenvalue weighted by atomic mass is 9.46. The largest absolute Gasteiger partial charge is 0.458 e. The van der Waals surface area contributed by atoms with Crippen LogP contribution in [0.3, 0.4) is 0 Å². The molecule has 4 aliphatic rings. The number of fused-ring (bicyclic) bond motifs is 6. The van der Waals surface area contributed by atoms with Crippen LogP contribution in [0, 0.1) is 41.4 Å². The normalized spacial score (nSPS) is 37.1. The quantitative estimate of drug-likeness (QED) is 0.0666. The summed E-state index contributed by atoms with van der Waals surface area (Å²) in [5.41, 5.74) is 5.34. The maximum atomic E-state index is 14.5. The molecule has 13 atom stereocenters. The maximum absolute atomic E-state index is 14.5. The Labute approximate surface area is 328 Å². The monoisotopic (exact) mass is 871 g/mol. The zero-order valence-corrected chi connectivity index (χ0v) is 33.7. The molecule has 0 spiro atoms. The summed E-state index contributed by atoms with van der Waals surface area (Å²) in [7, 11) is 0. The van der Waals surface area contributed by atoms with Gasteiger partial charge < -0.3 is 29.8 Å². The summed E-state index contributed by atoms with van der Waals surface area (Å²) >= 11 is 6.85. The van der Waals surface area contributed by atoms with Gasteiger partial charge in [-0.05, 0) is 93.9 Å². The Hall–Kier alpha value is -2.59. The molecule has 4 aromatic heterocycles. The molecule has 8 rings (SSSR count). The van der Waals surface area contributed by atoms with E-state index in [2.05, 4.69) is 50.5 Å². The number of alkyl halides is 1. The number of allylic oxidation sites excluding steroid dienone is 1. The number of aromatic nitrogens is 1. The maximum Gasteiger partial charge on any atom is 0.355 e. The van der Waals surface area contributed by atoms with Crippen molar-refractivity contribution in [2.75, 3.05) is 0 Å². The number of rotatable bonds is 6. The van der Waals surface area contributed by atoms with Gasteiger partial charge >= 0.3 is 11.9 Å². The second kappa shape index (κ2) is 13.9. The molecule has 4 N–H and O–H groups in total. The third-order valence-electron chi connectivity index (χ3n) is 12.2. The highest BCUT2D eigenvalue weighted by atomic mass is 127. The molecule has 5 heterocycles. The highest BCUT2D eigenvalue weighted by Crippen LogP contribution is 2.66. The van der Waals surface area contributed by atoms with E-state index < -0.39 is 51.8 Å². The Balaban J connectivity index is 1.16. The smallest absolute Gasteiger partial charge is 0.355 e. The van der Waals surface area contributed by atoms with Crippen molar-refractivity contribution in [2.24, 2.45) is 41.4 Å². The fourth-order valence-electron chi connectivity index (χ4n) is 9.76. The highest BCUT2D eigenvalue weighted by molar-refractivity contribution is 14.1. The molecule has 2 saturated carbocycles. The van der Waals surface area contributed by atoms with Crippen molar-refractivity contribution >= 4 is 68.5 Å². The number of aromatic amines is 1. The van der Waals surface area contributed by atoms with Crippen LogP contribution in [0.4, 0.5) is 0 Å². The molecule has 4 aromatic rings. The van der Waals surface area contributed by atoms with Crippen molar-refractivity contribution in [1.29, 1.82) is 0 Å². The zero-order chi connectivity index (χ0) is 36.6. The molecule has 3 unspecified atom stereocenters. The summed E-state index contributed by atoms with van der Waals surface area (Å²) < 4.78 is 11.8. The van der Waals surface area contributed by atoms with Gasteiger partial charge in [-0.25, -0.2) is 4.79 Å². The van der Waals surface area contributed by atoms with Gasteiger partial charge in [-0.1, -0.05) is 54.7 Å². The van der Waals surface area contributed by atoms with E-state index in [1.54, 1.807) is 40.9 Å². The number of carbonyl (C=O) groups excluding carboxylic acids is 2. The Bertz CT molecular complexity index is 2000. The van der Waals surface area contributed by atoms with Crippen LogP contribution in [0.15, 0.2) is 74.3 Å². The number of thiophene rings is 3. The van der Waals surface area contributed by atoms with E-state index in [0.717, 1.165) is 39.1 Å². The third kappa shape index (κ3) is 5.74. The average Bonchev–Trinajstić information content (AvgIpc) is 3.94. The fourth-order valence-corrected chi connectivity index (χ4v) is 12.4. The Morgan fingerprint density at radius 3 is 2.27 bits per heavy atom. The van der Waals surface area contributed by atoms with E-state index in [1.807, 2.05) is 66.6 Å². The van der Waals surface area contributed by atoms with Crippen molar-refractivity contribution in [3.8, 4) is 33.5 Å². The van der Waals surface area contributed by atoms with Crippen LogP contribution in [-0.4, -0.2) is 66.2 Å². The number of aliphatic hydroxyl groups excluding tert-OH is 2. The third-order valence-corrected chi connectivity index (χ3v) is 15.2. The van der Waals surface area contributed by atoms with Crippen molar-refractivity contribution in [1.82, 2.24) is 4.98 Å². The first-order valence-corrected chi connectivity index (χ1v) is 21.8. The molecule has 12 heteroatoms. The lowest BCUT2D eigenvalue weighted by molar-refractivity contribution is -0.177. The summed E-state index contributed by atoms with van der Waals surface area (Å²) in [6.45, 7) is 7.34. The van der Waals surface area contributed by atoms with Gasteiger partial charge in [-0.3, -0.25) is 4.79 Å². The average molecular weight is 872 g/mol. The zero-order valence-electron chi connectivity index (χ0n) is 29.1. The molecular weight excluding hydrogens is 830 g/mol. The van der Waals surface area contributed by atoms with Gasteiger partial charge in [0.1, 0.15) is 21.8 Å². The van der Waals surface area contributed by atoms with E-state index in [4.69, 9.17) is 9.47 Å². The summed E-state index contributed by atoms with van der Waals surface area (Å²) in [4.78, 5) is 31.2. The number of H-pyrrole nitrogens is 1. The minimum absolute atomic E-state index is 0.153. The standard InChI is InChI=1S/C40H42INO7S3/c1-18-13-19(2)40(47)25(14-27(41)38(45)48-36(18)21(4)43)5-6-26-30-31(32(26)40)35(44)20(3)37(30)49-39(46)34-29(23-8-11-51-16-23)28(22-7-10-50-15-22)33(42-34)24-9-12-52-17-24/h5-13,15-18,20-21,25-27,30-32,35-37,42-44,47H,14H2,1-4H3/b19-13+/t18-,20-,21?,25?,26+,27+,30+,31?,32+,35-,36+,37-,40+/m1/s1. The van der Waals surface area contributed by atoms with E-state index in [1.165, 1.54) is 0 Å². The predicted molar refractivity (Wildman–Crippen MR) is 214 cm³/mol. The molecule has 0 aromatic carbocycles. The van der Waals surface area contributed by atoms with Crippen LogP contribution in [0.2, 0.25) is 0 Å². The fraction of sp³-hybridized carbons (Fsp3) is 0.450. The molecule has 0 radical (unpaired) electrons. The van der Waals surface area contributed by atoms with Gasteiger partial charge in [0.25, 0.3) is 0 Å². The van der Waals surface area contributed by atoms with Gasteiger partial charge in [0.2, 0.25) is 0 Å². The molecule has 1 aliphatic heterocycles. The lowest BCUT2D eigenvalue weighted by Crippen LogP contribution is -2.65. The Morgan fingerprint density at radius 2 is 1.65 bits per heavy atom. The molecule has 52 heavy (non-hydrogen) atoms. The lowest BCUT2D eigenvalue weighted by Gasteiger charge is -2.61. The minimum atomic E-state index is -1.35. The number of aliphatic hydroxyl groups is 3. The van der Waals surface area contributed by atoms with Crippen molar-refractivity contribution in [3.63, 3.8) is 0 Å². The van der Waals surface area contributed by atoms with Crippen LogP contribution in [0.5, 0.6) is 0 Å². The van der Waals surface area contributed by atoms with Crippen LogP contribution in [-0.2, 0) is 14.3 Å². The summed E-state index contributed by atoms with van der Waals surface area (Å²) in [6, 6.07) is 6.14. The second-order valence-electron chi connectivity index (χ2n) is 15.0. The first kappa shape index (κ1) is 36.4. The Kier molecular flexibility index (Phi) is 9.74. The Morgan fingerprint density at radius 1 is 1.02 bits per heavy atom. The summed E-state index contributed by atoms with van der Waals surface area (Å²) in [6.07, 6.45) is 3.36. The van der Waals surface area contributed by atoms with Crippen LogP contribution < -0.4 is 0 Å². The van der Waals surface area contributed by atoms with E-state index in [0.29, 0.717) is 12.1 Å². The predicted octanol–water partition coefficient (Wildman–Crippen LogP) is 8.21. The second-order valence-corrected chi connectivity index (χ2v) is 18.9. The van der Waals surface area contributed by atoms with E-state index in [9.17, 15) is 24.9 Å². The van der Waals surface area contributed by atoms with Gasteiger partial charge in [0.05, 0.1) is 23.5 Å². The number of hydrogen-bond acceptors (Lipinski definition) is 10. The number of carbonyl (C=O) groups is 2. The summed E-state index contributed by atoms with van der Waals surface area (Å²) in [5.74, 6) is -3.02. The van der Waals surface area contributed by atoms with Gasteiger partial charge in [-0.2, -0.15) is 34.0 Å². The van der Waals surface area contributed by atoms with Gasteiger partial charge in [0.15, 0.2) is 0 Å². The molecule has 2 fully saturated rings. The SMILES string of the molecule is C/C1=C\[C@@H](C)[C@@H](C(C)O)OC(=O)[C@@H](I)CC2C=C[C@H]3[C@H]4C([C@H]3[C@]12O)[C@H](O)[C@@H](C)[C@H]4OC(=O)c1[nH]c(-c2ccsc2)c(-c2ccsc2)c1-c1ccsc1. The number of ether oxygens (including phenoxy) is 2. The summed E-state index contributed by atoms with van der Waals surface area (Å²) in [5, 5.41) is 47.6. The molecule has 0 bridgehead atoms. The van der Waals surface area contributed by atoms with Crippen LogP contribution in [0.25, 0.3) is 33.5 Å². The topological polar surface area (TPSA) is 129 Å². The molecular formula is C40H42INO7S3. The number of esters is 2. The number of halogens is 1. The first-order valence-electron chi connectivity index (χ1n) is 17.8. The number of cyclic esters (lactones) is 1. The van der Waals surface area contributed by atoms with Crippen molar-refractivity contribution < 1.29 is 34.4 Å². The van der Waals surface area contributed by atoms with Gasteiger partial charge in [0, 0.05) is 51.7 Å². The van der Waals surface area contributed by atoms with Crippen LogP contribution in [0.1, 0.15) is 44.6 Å². The molecule has 3 aliphatic carbocycles. The highest BCUT2D eigenvalue weighted by Gasteiger charge is 2.71. The van der Waals surface area contributed by atoms with Crippen LogP contribution >= 0.6 is 56.6 Å². The minimum Gasteiger partial charge on any atom is -0.458 e. The van der Waals surface area contributed by atoms with E-state index in [-0.39, 0.29) is 35.5 Å². The van der Waals surface area contributed by atoms with Crippen molar-refractivity contribution in [3.05, 3.63) is 80.0 Å². The molecule has 274 valence electrons. The molecule has 8 nitrogen and oxygen atoms in total. The van der Waals surface area contributed by atoms with Crippen molar-refractivity contribution in [2.45, 2.75) is 68.1 Å². The first-order chi connectivity index (χ1) is 24.9. The number of nitrogens with one attached hydrogen (secondary N) is 1. The number of hydrogen-bond donors (Lipinski definition) is 4. The van der Waals surface area contributed by atoms with E-state index >= 15 is 0 Å². The molecule has 0 amide bonds. The van der Waals surface area contributed by atoms with Gasteiger partial charge in [-0.15, -0.1) is 0 Å². The molecule has 0 saturated heterocycles.